The number of primary amides is 1. The van der Waals surface area contributed by atoms with E-state index < -0.39 is 23.9 Å². The summed E-state index contributed by atoms with van der Waals surface area (Å²) in [4.78, 5) is 35.8. The summed E-state index contributed by atoms with van der Waals surface area (Å²) in [6, 6.07) is 4.22. The van der Waals surface area contributed by atoms with Crippen LogP contribution in [0.15, 0.2) is 18.2 Å². The van der Waals surface area contributed by atoms with Crippen molar-refractivity contribution in [3.63, 3.8) is 0 Å². The molecule has 0 aliphatic rings. The van der Waals surface area contributed by atoms with Crippen LogP contribution in [0.3, 0.4) is 0 Å². The number of benzene rings is 1. The predicted molar refractivity (Wildman–Crippen MR) is 105 cm³/mol. The first-order chi connectivity index (χ1) is 12.7. The maximum atomic E-state index is 12.3. The molecule has 0 aromatic heterocycles. The highest BCUT2D eigenvalue weighted by Gasteiger charge is 2.23. The van der Waals surface area contributed by atoms with E-state index in [0.29, 0.717) is 5.56 Å². The summed E-state index contributed by atoms with van der Waals surface area (Å²) >= 11 is 0. The molecule has 0 spiro atoms. The Labute approximate surface area is 166 Å². The molecule has 1 rings (SSSR count). The summed E-state index contributed by atoms with van der Waals surface area (Å²) in [5.41, 5.74) is 9.21. The van der Waals surface area contributed by atoms with Crippen molar-refractivity contribution < 1.29 is 29.6 Å². The molecule has 0 heterocycles. The molecule has 0 saturated heterocycles. The van der Waals surface area contributed by atoms with Crippen molar-refractivity contribution in [1.82, 2.24) is 0 Å². The van der Waals surface area contributed by atoms with Gasteiger partial charge in [-0.25, -0.2) is 0 Å². The zero-order chi connectivity index (χ0) is 21.7. The third-order valence-electron chi connectivity index (χ3n) is 3.69. The Morgan fingerprint density at radius 3 is 1.82 bits per heavy atom. The lowest BCUT2D eigenvalue weighted by Crippen LogP contribution is -2.67. The zero-order valence-corrected chi connectivity index (χ0v) is 17.8. The van der Waals surface area contributed by atoms with Crippen LogP contribution in [0.25, 0.3) is 0 Å². The van der Waals surface area contributed by atoms with E-state index in [0.717, 1.165) is 0 Å². The van der Waals surface area contributed by atoms with Crippen LogP contribution < -0.4 is 20.9 Å². The molecular formula is C21H33N2O5+. The number of carbonyl (C=O) groups is 3. The van der Waals surface area contributed by atoms with E-state index >= 15 is 0 Å². The van der Waals surface area contributed by atoms with Gasteiger partial charge < -0.3 is 20.9 Å². The van der Waals surface area contributed by atoms with Crippen LogP contribution in [0.4, 0.5) is 0 Å². The molecule has 0 aliphatic carbocycles. The van der Waals surface area contributed by atoms with Crippen molar-refractivity contribution in [2.75, 3.05) is 0 Å². The molecule has 5 N–H and O–H groups in total. The van der Waals surface area contributed by atoms with E-state index in [1.165, 1.54) is 0 Å². The highest BCUT2D eigenvalue weighted by atomic mass is 16.6. The monoisotopic (exact) mass is 393 g/mol. The van der Waals surface area contributed by atoms with Crippen molar-refractivity contribution in [1.29, 1.82) is 0 Å². The second-order valence-corrected chi connectivity index (χ2v) is 9.51. The van der Waals surface area contributed by atoms with Gasteiger partial charge in [0, 0.05) is 6.42 Å². The molecule has 1 amide bonds. The highest BCUT2D eigenvalue weighted by molar-refractivity contribution is 5.79. The van der Waals surface area contributed by atoms with E-state index in [4.69, 9.17) is 15.2 Å². The first-order valence-corrected chi connectivity index (χ1v) is 9.33. The Balaban J connectivity index is 3.10. The normalized spacial score (nSPS) is 13.0. The molecule has 28 heavy (non-hydrogen) atoms. The molecule has 7 nitrogen and oxygen atoms in total. The van der Waals surface area contributed by atoms with Crippen molar-refractivity contribution in [3.05, 3.63) is 23.8 Å². The van der Waals surface area contributed by atoms with Gasteiger partial charge in [0.2, 0.25) is 0 Å². The average Bonchev–Trinajstić information content (AvgIpc) is 2.45. The van der Waals surface area contributed by atoms with Gasteiger partial charge in [-0.05, 0) is 28.5 Å². The Hall–Kier alpha value is -2.41. The van der Waals surface area contributed by atoms with E-state index in [1.807, 2.05) is 41.5 Å². The standard InChI is InChI=1S/C21H32N2O5/c1-20(2,3)11-17(24)27-15-8-7-13(9-14(22)19(23)26)10-16(15)28-18(25)12-21(4,5)6/h7-8,10,14H,9,11-12,22H2,1-6H3,(H2,23,26)/p+1/t14-/m0/s1. The predicted octanol–water partition coefficient (Wildman–Crippen LogP) is 2.01. The van der Waals surface area contributed by atoms with Crippen LogP contribution in [0.1, 0.15) is 59.9 Å². The minimum absolute atomic E-state index is 0.144. The van der Waals surface area contributed by atoms with Crippen molar-refractivity contribution >= 4 is 17.8 Å². The van der Waals surface area contributed by atoms with Crippen molar-refractivity contribution in [2.24, 2.45) is 16.6 Å². The number of rotatable bonds is 7. The van der Waals surface area contributed by atoms with Crippen molar-refractivity contribution in [2.45, 2.75) is 66.8 Å². The zero-order valence-electron chi connectivity index (χ0n) is 17.8. The number of esters is 2. The lowest BCUT2D eigenvalue weighted by molar-refractivity contribution is -0.402. The SMILES string of the molecule is CC(C)(C)CC(=O)Oc1ccc(C[C@H]([NH3+])C(N)=O)cc1OC(=O)CC(C)(C)C. The number of carbonyl (C=O) groups excluding carboxylic acids is 3. The van der Waals surface area contributed by atoms with E-state index in [2.05, 4.69) is 5.73 Å². The van der Waals surface area contributed by atoms with Crippen LogP contribution in [0.5, 0.6) is 11.5 Å². The lowest BCUT2D eigenvalue weighted by atomic mass is 9.92. The summed E-state index contributed by atoms with van der Waals surface area (Å²) in [6.45, 7) is 11.6. The van der Waals surface area contributed by atoms with Gasteiger partial charge in [-0.2, -0.15) is 0 Å². The van der Waals surface area contributed by atoms with Gasteiger partial charge in [0.25, 0.3) is 5.91 Å². The third-order valence-corrected chi connectivity index (χ3v) is 3.69. The quantitative estimate of drug-likeness (QED) is 0.542. The highest BCUT2D eigenvalue weighted by Crippen LogP contribution is 2.32. The third kappa shape index (κ3) is 8.99. The number of quaternary nitrogens is 1. The Bertz CT molecular complexity index is 729. The van der Waals surface area contributed by atoms with E-state index in [-0.39, 0.29) is 41.6 Å². The van der Waals surface area contributed by atoms with E-state index in [1.54, 1.807) is 18.2 Å². The molecule has 0 radical (unpaired) electrons. The molecule has 0 saturated carbocycles. The topological polar surface area (TPSA) is 123 Å². The summed E-state index contributed by atoms with van der Waals surface area (Å²) in [5, 5.41) is 0. The molecule has 0 bridgehead atoms. The first-order valence-electron chi connectivity index (χ1n) is 9.33. The minimum Gasteiger partial charge on any atom is -0.423 e. The fourth-order valence-corrected chi connectivity index (χ4v) is 2.41. The Morgan fingerprint density at radius 2 is 1.39 bits per heavy atom. The van der Waals surface area contributed by atoms with Gasteiger partial charge >= 0.3 is 11.9 Å². The summed E-state index contributed by atoms with van der Waals surface area (Å²) in [6.07, 6.45) is 0.702. The molecule has 0 aliphatic heterocycles. The molecule has 0 fully saturated rings. The van der Waals surface area contributed by atoms with Crippen LogP contribution in [0, 0.1) is 10.8 Å². The second-order valence-electron chi connectivity index (χ2n) is 9.51. The summed E-state index contributed by atoms with van der Waals surface area (Å²) in [5.74, 6) is -1.06. The smallest absolute Gasteiger partial charge is 0.311 e. The Kier molecular flexibility index (Phi) is 7.75. The van der Waals surface area contributed by atoms with Gasteiger partial charge in [0.05, 0.1) is 12.8 Å². The van der Waals surface area contributed by atoms with Gasteiger partial charge in [0.15, 0.2) is 17.5 Å². The molecule has 1 atom stereocenters. The maximum absolute atomic E-state index is 12.3. The fourth-order valence-electron chi connectivity index (χ4n) is 2.41. The number of amides is 1. The molecule has 156 valence electrons. The number of hydrogen-bond donors (Lipinski definition) is 2. The average molecular weight is 394 g/mol. The molecule has 0 unspecified atom stereocenters. The number of nitrogens with two attached hydrogens (primary N) is 1. The van der Waals surface area contributed by atoms with Gasteiger partial charge in [-0.3, -0.25) is 14.4 Å². The van der Waals surface area contributed by atoms with Crippen LogP contribution in [-0.2, 0) is 20.8 Å². The largest absolute Gasteiger partial charge is 0.423 e. The van der Waals surface area contributed by atoms with Crippen LogP contribution >= 0.6 is 0 Å². The Morgan fingerprint density at radius 1 is 0.929 bits per heavy atom. The minimum atomic E-state index is -0.618. The van der Waals surface area contributed by atoms with E-state index in [9.17, 15) is 14.4 Å². The molecule has 1 aromatic carbocycles. The van der Waals surface area contributed by atoms with Gasteiger partial charge in [-0.1, -0.05) is 47.6 Å². The summed E-state index contributed by atoms with van der Waals surface area (Å²) in [7, 11) is 0. The molecular weight excluding hydrogens is 360 g/mol. The van der Waals surface area contributed by atoms with Gasteiger partial charge in [0.1, 0.15) is 0 Å². The van der Waals surface area contributed by atoms with Crippen LogP contribution in [-0.4, -0.2) is 23.9 Å². The fraction of sp³-hybridized carbons (Fsp3) is 0.571. The molecule has 7 heteroatoms. The van der Waals surface area contributed by atoms with Gasteiger partial charge in [-0.15, -0.1) is 0 Å². The number of hydrogen-bond acceptors (Lipinski definition) is 5. The van der Waals surface area contributed by atoms with Crippen LogP contribution in [0.2, 0.25) is 0 Å². The summed E-state index contributed by atoms with van der Waals surface area (Å²) < 4.78 is 10.9. The maximum Gasteiger partial charge on any atom is 0.311 e. The number of ether oxygens (including phenoxy) is 2. The second kappa shape index (κ2) is 9.19. The molecule has 1 aromatic rings. The van der Waals surface area contributed by atoms with Crippen molar-refractivity contribution in [3.8, 4) is 11.5 Å². The first kappa shape index (κ1) is 23.6. The lowest BCUT2D eigenvalue weighted by Gasteiger charge is -2.19.